The number of hydrogen-bond acceptors (Lipinski definition) is 1. The van der Waals surface area contributed by atoms with Crippen LogP contribution in [0.3, 0.4) is 0 Å². The molecule has 0 saturated carbocycles. The minimum absolute atomic E-state index is 0.108. The Hall–Kier alpha value is -6.96. The molecule has 0 bridgehead atoms. The van der Waals surface area contributed by atoms with Crippen LogP contribution in [0.4, 0.5) is 17.1 Å². The number of rotatable bonds is 8. The van der Waals surface area contributed by atoms with Crippen LogP contribution in [0.25, 0.3) is 66.4 Å². The summed E-state index contributed by atoms with van der Waals surface area (Å²) in [6.07, 6.45) is 0. The van der Waals surface area contributed by atoms with Gasteiger partial charge in [-0.15, -0.1) is 0 Å². The lowest BCUT2D eigenvalue weighted by atomic mass is 9.95. The lowest BCUT2D eigenvalue weighted by Gasteiger charge is -2.26. The summed E-state index contributed by atoms with van der Waals surface area (Å²) in [4.78, 5) is 1.34. The molecule has 0 spiro atoms. The van der Waals surface area contributed by atoms with Gasteiger partial charge in [-0.3, -0.25) is 0 Å². The molecule has 1 heteroatoms. The summed E-state index contributed by atoms with van der Waals surface area (Å²) < 4.78 is 74.7. The Labute approximate surface area is 323 Å². The summed E-state index contributed by atoms with van der Waals surface area (Å²) >= 11 is 0. The standard InChI is InChI=1S/C52H37N/c1-3-12-38(13-4-1)40-24-30-48(31-25-40)53(49-32-26-41(27-33-49)45-19-9-18-44(36-45)39-14-5-2-6-15-39)50-34-28-42(29-35-50)46-20-10-21-47(37-46)52-23-11-17-43-16-7-8-22-51(43)52/h1-37H/i24D,25D,26D,27D,30D,31D,32D,33D. The van der Waals surface area contributed by atoms with Crippen LogP contribution in [0.2, 0.25) is 0 Å². The molecule has 0 fully saturated rings. The first-order valence-electron chi connectivity index (χ1n) is 21.5. The Morgan fingerprint density at radius 3 is 1.32 bits per heavy atom. The summed E-state index contributed by atoms with van der Waals surface area (Å²) in [5.41, 5.74) is 6.92. The summed E-state index contributed by atoms with van der Waals surface area (Å²) in [6, 6.07) is 53.1. The highest BCUT2D eigenvalue weighted by molar-refractivity contribution is 5.97. The second kappa shape index (κ2) is 14.3. The molecule has 0 saturated heterocycles. The second-order valence-corrected chi connectivity index (χ2v) is 12.7. The van der Waals surface area contributed by atoms with E-state index >= 15 is 0 Å². The van der Waals surface area contributed by atoms with Crippen LogP contribution in [0.15, 0.2) is 224 Å². The van der Waals surface area contributed by atoms with Gasteiger partial charge in [-0.25, -0.2) is 0 Å². The van der Waals surface area contributed by atoms with Gasteiger partial charge in [0.15, 0.2) is 0 Å². The first kappa shape index (κ1) is 24.3. The molecule has 250 valence electrons. The van der Waals surface area contributed by atoms with Gasteiger partial charge in [0.2, 0.25) is 0 Å². The minimum atomic E-state index is -0.392. The van der Waals surface area contributed by atoms with E-state index in [-0.39, 0.29) is 58.8 Å². The largest absolute Gasteiger partial charge is 0.311 e. The molecule has 0 aliphatic rings. The number of benzene rings is 9. The van der Waals surface area contributed by atoms with Crippen LogP contribution in [0.1, 0.15) is 11.0 Å². The van der Waals surface area contributed by atoms with Gasteiger partial charge >= 0.3 is 0 Å². The van der Waals surface area contributed by atoms with E-state index in [1.165, 1.54) is 4.90 Å². The SMILES string of the molecule is [2H]c1c([2H])c(N(c2ccc(-c3cccc(-c4cccc5ccccc45)c3)cc2)c2c([2H])c([2H])c(-c3cccc(-c4ccccc4)c3)c([2H])c2[2H])c([2H])c([2H])c1-c1ccccc1. The molecule has 0 aromatic heterocycles. The smallest absolute Gasteiger partial charge is 0.0645 e. The molecule has 0 radical (unpaired) electrons. The number of nitrogens with zero attached hydrogens (tertiary/aromatic N) is 1. The zero-order chi connectivity index (χ0) is 42.4. The van der Waals surface area contributed by atoms with Crippen molar-refractivity contribution in [3.8, 4) is 55.6 Å². The Kier molecular flexibility index (Phi) is 6.57. The average molecular weight is 684 g/mol. The highest BCUT2D eigenvalue weighted by Crippen LogP contribution is 2.39. The number of fused-ring (bicyclic) bond motifs is 1. The van der Waals surface area contributed by atoms with Crippen LogP contribution in [-0.4, -0.2) is 0 Å². The van der Waals surface area contributed by atoms with Crippen molar-refractivity contribution in [2.75, 3.05) is 4.90 Å². The van der Waals surface area contributed by atoms with E-state index in [0.29, 0.717) is 16.8 Å². The fraction of sp³-hybridized carbons (Fsp3) is 0. The van der Waals surface area contributed by atoms with Crippen LogP contribution < -0.4 is 4.90 Å². The molecule has 0 aliphatic carbocycles. The quantitative estimate of drug-likeness (QED) is 0.154. The fourth-order valence-corrected chi connectivity index (χ4v) is 6.73. The van der Waals surface area contributed by atoms with Gasteiger partial charge in [-0.05, 0) is 115 Å². The van der Waals surface area contributed by atoms with Crippen LogP contribution in [0.5, 0.6) is 0 Å². The van der Waals surface area contributed by atoms with Crippen molar-refractivity contribution in [2.45, 2.75) is 0 Å². The molecule has 0 heterocycles. The number of anilines is 3. The zero-order valence-corrected chi connectivity index (χ0v) is 28.7. The summed E-state index contributed by atoms with van der Waals surface area (Å²) in [5, 5.41) is 2.28. The first-order valence-corrected chi connectivity index (χ1v) is 17.5. The van der Waals surface area contributed by atoms with Gasteiger partial charge in [-0.1, -0.05) is 176 Å². The van der Waals surface area contributed by atoms with E-state index in [9.17, 15) is 8.22 Å². The van der Waals surface area contributed by atoms with Crippen molar-refractivity contribution >= 4 is 27.8 Å². The molecule has 0 unspecified atom stereocenters. The molecule has 9 rings (SSSR count). The predicted octanol–water partition coefficient (Wildman–Crippen LogP) is 14.6. The summed E-state index contributed by atoms with van der Waals surface area (Å²) in [7, 11) is 0. The van der Waals surface area contributed by atoms with E-state index in [1.54, 1.807) is 42.5 Å². The van der Waals surface area contributed by atoms with Crippen LogP contribution >= 0.6 is 0 Å². The fourth-order valence-electron chi connectivity index (χ4n) is 6.73. The molecule has 53 heavy (non-hydrogen) atoms. The van der Waals surface area contributed by atoms with Gasteiger partial charge in [0.05, 0.1) is 11.0 Å². The molecule has 0 atom stereocenters. The first-order chi connectivity index (χ1) is 29.6. The topological polar surface area (TPSA) is 3.24 Å². The lowest BCUT2D eigenvalue weighted by molar-refractivity contribution is 1.28. The summed E-state index contributed by atoms with van der Waals surface area (Å²) in [6.45, 7) is 0. The zero-order valence-electron chi connectivity index (χ0n) is 36.7. The maximum absolute atomic E-state index is 9.49. The summed E-state index contributed by atoms with van der Waals surface area (Å²) in [5.74, 6) is 0. The molecule has 0 aliphatic heterocycles. The van der Waals surface area contributed by atoms with E-state index in [1.807, 2.05) is 97.1 Å². The third-order valence-electron chi connectivity index (χ3n) is 9.41. The molecular formula is C52H37N. The van der Waals surface area contributed by atoms with Gasteiger partial charge in [0.1, 0.15) is 0 Å². The normalized spacial score (nSPS) is 13.1. The molecule has 9 aromatic carbocycles. The van der Waals surface area contributed by atoms with Crippen molar-refractivity contribution < 1.29 is 11.0 Å². The van der Waals surface area contributed by atoms with Crippen molar-refractivity contribution in [1.29, 1.82) is 0 Å². The van der Waals surface area contributed by atoms with Crippen LogP contribution in [-0.2, 0) is 0 Å². The monoisotopic (exact) mass is 683 g/mol. The maximum Gasteiger partial charge on any atom is 0.0645 e. The van der Waals surface area contributed by atoms with E-state index in [0.717, 1.165) is 44.2 Å². The minimum Gasteiger partial charge on any atom is -0.311 e. The van der Waals surface area contributed by atoms with Crippen molar-refractivity contribution in [1.82, 2.24) is 0 Å². The highest BCUT2D eigenvalue weighted by atomic mass is 15.1. The van der Waals surface area contributed by atoms with E-state index in [4.69, 9.17) is 2.74 Å². The van der Waals surface area contributed by atoms with Gasteiger partial charge < -0.3 is 4.90 Å². The van der Waals surface area contributed by atoms with Crippen molar-refractivity contribution in [3.05, 3.63) is 224 Å². The molecular weight excluding hydrogens is 639 g/mol. The Morgan fingerprint density at radius 1 is 0.283 bits per heavy atom. The van der Waals surface area contributed by atoms with E-state index < -0.39 is 12.1 Å². The molecule has 0 amide bonds. The third-order valence-corrected chi connectivity index (χ3v) is 9.41. The van der Waals surface area contributed by atoms with Gasteiger partial charge in [0, 0.05) is 17.1 Å². The van der Waals surface area contributed by atoms with Crippen LogP contribution in [0, 0.1) is 0 Å². The lowest BCUT2D eigenvalue weighted by Crippen LogP contribution is -2.09. The second-order valence-electron chi connectivity index (χ2n) is 12.7. The van der Waals surface area contributed by atoms with E-state index in [2.05, 4.69) is 36.4 Å². The predicted molar refractivity (Wildman–Crippen MR) is 226 cm³/mol. The molecule has 0 N–H and O–H groups in total. The molecule has 1 nitrogen and oxygen atoms in total. The Morgan fingerprint density at radius 2 is 0.698 bits per heavy atom. The van der Waals surface area contributed by atoms with Crippen molar-refractivity contribution in [2.24, 2.45) is 0 Å². The number of hydrogen-bond donors (Lipinski definition) is 0. The van der Waals surface area contributed by atoms with Crippen molar-refractivity contribution in [3.63, 3.8) is 0 Å². The average Bonchev–Trinajstić information content (AvgIpc) is 3.30. The van der Waals surface area contributed by atoms with Gasteiger partial charge in [-0.2, -0.15) is 0 Å². The maximum atomic E-state index is 9.49. The third kappa shape index (κ3) is 6.65. The highest BCUT2D eigenvalue weighted by Gasteiger charge is 2.14. The van der Waals surface area contributed by atoms with Gasteiger partial charge in [0.25, 0.3) is 0 Å². The Balaban J connectivity index is 1.21. The Bertz CT molecular complexity index is 3050. The molecule has 9 aromatic rings.